The molecule has 0 aromatic rings. The van der Waals surface area contributed by atoms with Crippen molar-refractivity contribution in [2.24, 2.45) is 11.5 Å². The maximum atomic E-state index is 9.24. The highest BCUT2D eigenvalue weighted by Crippen LogP contribution is 2.14. The SMILES string of the molecule is C=CCCCCC.NC1CCCCC1.NCC(=O)O. The first-order chi connectivity index (χ1) is 9.08. The van der Waals surface area contributed by atoms with Gasteiger partial charge in [-0.3, -0.25) is 4.79 Å². The highest BCUT2D eigenvalue weighted by molar-refractivity contribution is 5.68. The molecule has 0 aliphatic heterocycles. The molecule has 0 aromatic carbocycles. The van der Waals surface area contributed by atoms with Crippen LogP contribution in [0, 0.1) is 0 Å². The minimum absolute atomic E-state index is 0.278. The van der Waals surface area contributed by atoms with Gasteiger partial charge in [0.15, 0.2) is 0 Å². The molecule has 1 rings (SSSR count). The van der Waals surface area contributed by atoms with E-state index in [2.05, 4.69) is 19.2 Å². The predicted octanol–water partition coefficient (Wildman–Crippen LogP) is 3.06. The predicted molar refractivity (Wildman–Crippen MR) is 82.1 cm³/mol. The fourth-order valence-electron chi connectivity index (χ4n) is 1.67. The van der Waals surface area contributed by atoms with E-state index >= 15 is 0 Å². The fourth-order valence-corrected chi connectivity index (χ4v) is 1.67. The molecule has 1 aliphatic rings. The number of allylic oxidation sites excluding steroid dienone is 1. The Labute approximate surface area is 118 Å². The number of hydrogen-bond acceptors (Lipinski definition) is 3. The lowest BCUT2D eigenvalue weighted by atomic mass is 9.97. The average molecular weight is 272 g/mol. The molecule has 1 saturated carbocycles. The molecule has 0 aromatic heterocycles. The highest BCUT2D eigenvalue weighted by Gasteiger charge is 2.06. The van der Waals surface area contributed by atoms with Gasteiger partial charge in [0.2, 0.25) is 0 Å². The van der Waals surface area contributed by atoms with E-state index in [-0.39, 0.29) is 6.54 Å². The minimum Gasteiger partial charge on any atom is -0.480 e. The van der Waals surface area contributed by atoms with Crippen LogP contribution < -0.4 is 11.5 Å². The quantitative estimate of drug-likeness (QED) is 0.530. The van der Waals surface area contributed by atoms with Crippen molar-refractivity contribution in [1.29, 1.82) is 0 Å². The van der Waals surface area contributed by atoms with Gasteiger partial charge in [0.05, 0.1) is 6.54 Å². The summed E-state index contributed by atoms with van der Waals surface area (Å²) < 4.78 is 0. The minimum atomic E-state index is -0.968. The van der Waals surface area contributed by atoms with Crippen molar-refractivity contribution >= 4 is 5.97 Å². The van der Waals surface area contributed by atoms with Gasteiger partial charge >= 0.3 is 5.97 Å². The second kappa shape index (κ2) is 17.1. The zero-order valence-electron chi connectivity index (χ0n) is 12.4. The zero-order valence-corrected chi connectivity index (χ0v) is 12.4. The van der Waals surface area contributed by atoms with Crippen LogP contribution in [0.25, 0.3) is 0 Å². The number of nitrogens with two attached hydrogens (primary N) is 2. The first-order valence-electron chi connectivity index (χ1n) is 7.36. The molecule has 0 heterocycles. The van der Waals surface area contributed by atoms with E-state index in [1.54, 1.807) is 0 Å². The van der Waals surface area contributed by atoms with Gasteiger partial charge in [0, 0.05) is 6.04 Å². The molecule has 0 saturated heterocycles. The van der Waals surface area contributed by atoms with Crippen LogP contribution in [0.4, 0.5) is 0 Å². The van der Waals surface area contributed by atoms with Gasteiger partial charge in [0.25, 0.3) is 0 Å². The van der Waals surface area contributed by atoms with Gasteiger partial charge in [-0.05, 0) is 25.7 Å². The van der Waals surface area contributed by atoms with Crippen molar-refractivity contribution in [2.75, 3.05) is 6.54 Å². The van der Waals surface area contributed by atoms with Crippen LogP contribution in [0.5, 0.6) is 0 Å². The molecule has 1 aliphatic carbocycles. The third-order valence-electron chi connectivity index (χ3n) is 2.84. The van der Waals surface area contributed by atoms with Crippen molar-refractivity contribution in [2.45, 2.75) is 70.8 Å². The van der Waals surface area contributed by atoms with E-state index in [0.717, 1.165) is 0 Å². The number of aliphatic carboxylic acids is 1. The zero-order chi connectivity index (χ0) is 14.9. The van der Waals surface area contributed by atoms with Crippen LogP contribution in [0.1, 0.15) is 64.7 Å². The van der Waals surface area contributed by atoms with E-state index in [0.29, 0.717) is 6.04 Å². The number of carboxylic acids is 1. The third kappa shape index (κ3) is 22.7. The number of hydrogen-bond donors (Lipinski definition) is 3. The molecule has 5 N–H and O–H groups in total. The molecule has 0 amide bonds. The van der Waals surface area contributed by atoms with Crippen molar-refractivity contribution in [3.05, 3.63) is 12.7 Å². The van der Waals surface area contributed by atoms with E-state index in [1.807, 2.05) is 6.08 Å². The van der Waals surface area contributed by atoms with Crippen LogP contribution >= 0.6 is 0 Å². The van der Waals surface area contributed by atoms with Crippen LogP contribution in [0.3, 0.4) is 0 Å². The Bertz CT molecular complexity index is 202. The first kappa shape index (κ1) is 20.4. The van der Waals surface area contributed by atoms with E-state index < -0.39 is 5.97 Å². The molecule has 0 radical (unpaired) electrons. The Balaban J connectivity index is 0. The molecule has 0 bridgehead atoms. The maximum absolute atomic E-state index is 9.24. The smallest absolute Gasteiger partial charge is 0.317 e. The van der Waals surface area contributed by atoms with Crippen LogP contribution in [-0.2, 0) is 4.79 Å². The van der Waals surface area contributed by atoms with Crippen molar-refractivity contribution in [3.63, 3.8) is 0 Å². The summed E-state index contributed by atoms with van der Waals surface area (Å²) in [6.07, 6.45) is 13.8. The highest BCUT2D eigenvalue weighted by atomic mass is 16.4. The third-order valence-corrected chi connectivity index (χ3v) is 2.84. The lowest BCUT2D eigenvalue weighted by molar-refractivity contribution is -0.135. The summed E-state index contributed by atoms with van der Waals surface area (Å²) in [5.41, 5.74) is 10.2. The number of rotatable bonds is 5. The average Bonchev–Trinajstić information content (AvgIpc) is 2.41. The fraction of sp³-hybridized carbons (Fsp3) is 0.800. The summed E-state index contributed by atoms with van der Waals surface area (Å²) in [6.45, 7) is 5.57. The van der Waals surface area contributed by atoms with Crippen LogP contribution in [-0.4, -0.2) is 23.7 Å². The Morgan fingerprint density at radius 2 is 1.84 bits per heavy atom. The number of carboxylic acid groups (broad SMARTS) is 1. The monoisotopic (exact) mass is 272 g/mol. The van der Waals surface area contributed by atoms with Gasteiger partial charge in [-0.1, -0.05) is 45.1 Å². The van der Waals surface area contributed by atoms with Gasteiger partial charge in [-0.15, -0.1) is 6.58 Å². The summed E-state index contributed by atoms with van der Waals surface area (Å²) in [5.74, 6) is -0.968. The van der Waals surface area contributed by atoms with Crippen LogP contribution in [0.15, 0.2) is 12.7 Å². The molecule has 0 atom stereocenters. The molecule has 0 unspecified atom stereocenters. The van der Waals surface area contributed by atoms with E-state index in [9.17, 15) is 4.79 Å². The molecular formula is C15H32N2O2. The molecule has 19 heavy (non-hydrogen) atoms. The molecule has 4 nitrogen and oxygen atoms in total. The molecule has 1 fully saturated rings. The Kier molecular flexibility index (Phi) is 18.4. The van der Waals surface area contributed by atoms with Crippen LogP contribution in [0.2, 0.25) is 0 Å². The van der Waals surface area contributed by atoms with Crippen molar-refractivity contribution < 1.29 is 9.90 Å². The normalized spacial score (nSPS) is 14.5. The largest absolute Gasteiger partial charge is 0.480 e. The molecule has 4 heteroatoms. The Hall–Kier alpha value is -0.870. The lowest BCUT2D eigenvalue weighted by Crippen LogP contribution is -2.22. The van der Waals surface area contributed by atoms with E-state index in [4.69, 9.17) is 10.8 Å². The van der Waals surface area contributed by atoms with Gasteiger partial charge in [-0.2, -0.15) is 0 Å². The Morgan fingerprint density at radius 3 is 2.11 bits per heavy atom. The standard InChI is InChI=1S/C7H14.C6H13N.C2H5NO2/c1-3-5-7-6-4-2;7-6-4-2-1-3-5-6;3-1-2(4)5/h3H,1,4-7H2,2H3;6H,1-5,7H2;1,3H2,(H,4,5). The second-order valence-electron chi connectivity index (χ2n) is 4.78. The summed E-state index contributed by atoms with van der Waals surface area (Å²) in [4.78, 5) is 9.24. The molecule has 0 spiro atoms. The number of unbranched alkanes of at least 4 members (excludes halogenated alkanes) is 3. The lowest BCUT2D eigenvalue weighted by Gasteiger charge is -2.15. The van der Waals surface area contributed by atoms with Gasteiger partial charge < -0.3 is 16.6 Å². The summed E-state index contributed by atoms with van der Waals surface area (Å²) in [5, 5.41) is 7.60. The van der Waals surface area contributed by atoms with E-state index in [1.165, 1.54) is 57.8 Å². The van der Waals surface area contributed by atoms with Crippen molar-refractivity contribution in [3.8, 4) is 0 Å². The Morgan fingerprint density at radius 1 is 1.32 bits per heavy atom. The topological polar surface area (TPSA) is 89.3 Å². The van der Waals surface area contributed by atoms with Gasteiger partial charge in [-0.25, -0.2) is 0 Å². The maximum Gasteiger partial charge on any atom is 0.317 e. The molecule has 114 valence electrons. The van der Waals surface area contributed by atoms with Gasteiger partial charge in [0.1, 0.15) is 0 Å². The summed E-state index contributed by atoms with van der Waals surface area (Å²) in [7, 11) is 0. The van der Waals surface area contributed by atoms with Crippen molar-refractivity contribution in [1.82, 2.24) is 0 Å². The second-order valence-corrected chi connectivity index (χ2v) is 4.78. The summed E-state index contributed by atoms with van der Waals surface area (Å²) in [6, 6.07) is 0.536. The molecular weight excluding hydrogens is 240 g/mol. The first-order valence-corrected chi connectivity index (χ1v) is 7.36. The number of carbonyl (C=O) groups is 1. The summed E-state index contributed by atoms with van der Waals surface area (Å²) >= 11 is 0.